The molecule has 0 fully saturated rings. The van der Waals surface area contributed by atoms with Crippen LogP contribution in [0.5, 0.6) is 0 Å². The molecule has 0 saturated carbocycles. The highest BCUT2D eigenvalue weighted by molar-refractivity contribution is 5.34. The van der Waals surface area contributed by atoms with E-state index in [0.29, 0.717) is 0 Å². The van der Waals surface area contributed by atoms with E-state index in [1.165, 1.54) is 29.7 Å². The second kappa shape index (κ2) is 5.58. The van der Waals surface area contributed by atoms with E-state index in [1.807, 2.05) is 0 Å². The third kappa shape index (κ3) is 2.87. The van der Waals surface area contributed by atoms with E-state index in [-0.39, 0.29) is 0 Å². The Morgan fingerprint density at radius 3 is 2.58 bits per heavy atom. The van der Waals surface area contributed by atoms with Crippen molar-refractivity contribution in [1.29, 1.82) is 0 Å². The van der Waals surface area contributed by atoms with Crippen LogP contribution in [0.25, 0.3) is 0 Å². The first kappa shape index (κ1) is 12.4. The molecule has 0 amide bonds. The van der Waals surface area contributed by atoms with Gasteiger partial charge in [-0.2, -0.15) is 0 Å². The average Bonchev–Trinajstić information content (AvgIpc) is 2.48. The molecule has 0 spiro atoms. The number of aryl methyl sites for hydroxylation is 1. The first-order valence-electron chi connectivity index (χ1n) is 7.22. The van der Waals surface area contributed by atoms with Crippen LogP contribution in [0.15, 0.2) is 48.5 Å². The molecule has 0 aromatic heterocycles. The summed E-state index contributed by atoms with van der Waals surface area (Å²) in [6.07, 6.45) is 2.33. The van der Waals surface area contributed by atoms with Crippen LogP contribution in [0.3, 0.4) is 0 Å². The summed E-state index contributed by atoms with van der Waals surface area (Å²) in [5.41, 5.74) is 5.95. The summed E-state index contributed by atoms with van der Waals surface area (Å²) in [4.78, 5) is 2.54. The topological polar surface area (TPSA) is 3.24 Å². The molecule has 0 unspecified atom stereocenters. The summed E-state index contributed by atoms with van der Waals surface area (Å²) in [5.74, 6) is 0. The van der Waals surface area contributed by atoms with Crippen molar-refractivity contribution in [2.24, 2.45) is 0 Å². The van der Waals surface area contributed by atoms with Crippen molar-refractivity contribution in [3.05, 3.63) is 70.8 Å². The maximum Gasteiger partial charge on any atom is 0.0240 e. The Kier molecular flexibility index (Phi) is 3.65. The molecule has 1 heterocycles. The SMILES string of the molecule is CCc1ccc2c(c1)CCN(Cc1ccccc1)C2. The Morgan fingerprint density at radius 1 is 0.947 bits per heavy atom. The molecule has 98 valence electrons. The van der Waals surface area contributed by atoms with Crippen LogP contribution in [0.2, 0.25) is 0 Å². The molecule has 0 atom stereocenters. The molecule has 0 aliphatic carbocycles. The minimum Gasteiger partial charge on any atom is -0.294 e. The lowest BCUT2D eigenvalue weighted by atomic mass is 9.96. The number of rotatable bonds is 3. The van der Waals surface area contributed by atoms with Gasteiger partial charge in [-0.25, -0.2) is 0 Å². The number of benzene rings is 2. The Balaban J connectivity index is 1.72. The summed E-state index contributed by atoms with van der Waals surface area (Å²) >= 11 is 0. The van der Waals surface area contributed by atoms with Crippen molar-refractivity contribution in [1.82, 2.24) is 4.90 Å². The van der Waals surface area contributed by atoms with Crippen LogP contribution >= 0.6 is 0 Å². The summed E-state index contributed by atoms with van der Waals surface area (Å²) in [7, 11) is 0. The van der Waals surface area contributed by atoms with Crippen LogP contribution in [-0.2, 0) is 25.9 Å². The van der Waals surface area contributed by atoms with Crippen LogP contribution in [0.4, 0.5) is 0 Å². The highest BCUT2D eigenvalue weighted by Crippen LogP contribution is 2.22. The molecule has 0 saturated heterocycles. The van der Waals surface area contributed by atoms with Gasteiger partial charge in [0.2, 0.25) is 0 Å². The highest BCUT2D eigenvalue weighted by atomic mass is 15.1. The zero-order valence-electron chi connectivity index (χ0n) is 11.6. The van der Waals surface area contributed by atoms with E-state index in [0.717, 1.165) is 19.5 Å². The second-order valence-corrected chi connectivity index (χ2v) is 5.40. The predicted molar refractivity (Wildman–Crippen MR) is 80.1 cm³/mol. The molecule has 0 radical (unpaired) electrons. The van der Waals surface area contributed by atoms with Gasteiger partial charge in [0.15, 0.2) is 0 Å². The maximum atomic E-state index is 2.54. The number of hydrogen-bond donors (Lipinski definition) is 0. The molecule has 1 aliphatic rings. The third-order valence-electron chi connectivity index (χ3n) is 4.02. The quantitative estimate of drug-likeness (QED) is 0.802. The first-order valence-corrected chi connectivity index (χ1v) is 7.22. The molecular weight excluding hydrogens is 230 g/mol. The predicted octanol–water partition coefficient (Wildman–Crippen LogP) is 3.81. The van der Waals surface area contributed by atoms with E-state index in [2.05, 4.69) is 60.4 Å². The van der Waals surface area contributed by atoms with Crippen molar-refractivity contribution >= 4 is 0 Å². The molecule has 2 aromatic carbocycles. The van der Waals surface area contributed by atoms with Crippen molar-refractivity contribution in [2.75, 3.05) is 6.54 Å². The molecule has 19 heavy (non-hydrogen) atoms. The number of hydrogen-bond acceptors (Lipinski definition) is 1. The van der Waals surface area contributed by atoms with Gasteiger partial charge >= 0.3 is 0 Å². The molecule has 0 N–H and O–H groups in total. The van der Waals surface area contributed by atoms with Crippen LogP contribution in [-0.4, -0.2) is 11.4 Å². The Hall–Kier alpha value is -1.60. The van der Waals surface area contributed by atoms with Gasteiger partial charge in [-0.1, -0.05) is 55.5 Å². The van der Waals surface area contributed by atoms with Gasteiger partial charge in [-0.3, -0.25) is 4.90 Å². The van der Waals surface area contributed by atoms with E-state index >= 15 is 0 Å². The van der Waals surface area contributed by atoms with Gasteiger partial charge in [0.05, 0.1) is 0 Å². The monoisotopic (exact) mass is 251 g/mol. The maximum absolute atomic E-state index is 2.54. The second-order valence-electron chi connectivity index (χ2n) is 5.40. The van der Waals surface area contributed by atoms with Crippen molar-refractivity contribution < 1.29 is 0 Å². The van der Waals surface area contributed by atoms with Crippen molar-refractivity contribution in [2.45, 2.75) is 32.9 Å². The standard InChI is InChI=1S/C18H21N/c1-2-15-8-9-18-14-19(11-10-17(18)12-15)13-16-6-4-3-5-7-16/h3-9,12H,2,10-11,13-14H2,1H3. The minimum absolute atomic E-state index is 1.07. The third-order valence-corrected chi connectivity index (χ3v) is 4.02. The van der Waals surface area contributed by atoms with Crippen LogP contribution < -0.4 is 0 Å². The minimum atomic E-state index is 1.07. The molecule has 0 bridgehead atoms. The molecule has 2 aromatic rings. The summed E-state index contributed by atoms with van der Waals surface area (Å²) in [5, 5.41) is 0. The summed E-state index contributed by atoms with van der Waals surface area (Å²) in [6, 6.07) is 17.8. The highest BCUT2D eigenvalue weighted by Gasteiger charge is 2.16. The fourth-order valence-electron chi connectivity index (χ4n) is 2.86. The zero-order chi connectivity index (χ0) is 13.1. The van der Waals surface area contributed by atoms with Gasteiger partial charge in [-0.15, -0.1) is 0 Å². The molecule has 1 nitrogen and oxygen atoms in total. The molecule has 1 aliphatic heterocycles. The number of fused-ring (bicyclic) bond motifs is 1. The first-order chi connectivity index (χ1) is 9.35. The lowest BCUT2D eigenvalue weighted by Gasteiger charge is -2.29. The Bertz CT molecular complexity index is 545. The fourth-order valence-corrected chi connectivity index (χ4v) is 2.86. The lowest BCUT2D eigenvalue weighted by Crippen LogP contribution is -2.30. The van der Waals surface area contributed by atoms with Crippen molar-refractivity contribution in [3.8, 4) is 0 Å². The van der Waals surface area contributed by atoms with Gasteiger partial charge < -0.3 is 0 Å². The van der Waals surface area contributed by atoms with Crippen LogP contribution in [0, 0.1) is 0 Å². The largest absolute Gasteiger partial charge is 0.294 e. The van der Waals surface area contributed by atoms with E-state index in [1.54, 1.807) is 5.56 Å². The van der Waals surface area contributed by atoms with Gasteiger partial charge in [0.25, 0.3) is 0 Å². The van der Waals surface area contributed by atoms with E-state index in [9.17, 15) is 0 Å². The molecule has 3 rings (SSSR count). The Morgan fingerprint density at radius 2 is 1.79 bits per heavy atom. The zero-order valence-corrected chi connectivity index (χ0v) is 11.6. The van der Waals surface area contributed by atoms with Gasteiger partial charge in [0.1, 0.15) is 0 Å². The van der Waals surface area contributed by atoms with Gasteiger partial charge in [-0.05, 0) is 35.1 Å². The normalized spacial score (nSPS) is 15.2. The fraction of sp³-hybridized carbons (Fsp3) is 0.333. The van der Waals surface area contributed by atoms with Gasteiger partial charge in [0, 0.05) is 19.6 Å². The number of nitrogens with zero attached hydrogens (tertiary/aromatic N) is 1. The smallest absolute Gasteiger partial charge is 0.0240 e. The Labute approximate surface area is 115 Å². The summed E-state index contributed by atoms with van der Waals surface area (Å²) in [6.45, 7) is 5.56. The summed E-state index contributed by atoms with van der Waals surface area (Å²) < 4.78 is 0. The average molecular weight is 251 g/mol. The molecular formula is C18H21N. The van der Waals surface area contributed by atoms with Crippen LogP contribution in [0.1, 0.15) is 29.2 Å². The van der Waals surface area contributed by atoms with E-state index in [4.69, 9.17) is 0 Å². The van der Waals surface area contributed by atoms with E-state index < -0.39 is 0 Å². The molecule has 1 heteroatoms. The van der Waals surface area contributed by atoms with Crippen molar-refractivity contribution in [3.63, 3.8) is 0 Å². The lowest BCUT2D eigenvalue weighted by molar-refractivity contribution is 0.245.